The molecular formula is C12H13Cl2N3O3S. The maximum atomic E-state index is 11.6. The van der Waals surface area contributed by atoms with Crippen LogP contribution in [0.3, 0.4) is 0 Å². The Kier molecular flexibility index (Phi) is 4.88. The molecular weight excluding hydrogens is 337 g/mol. The van der Waals surface area contributed by atoms with Gasteiger partial charge in [0.1, 0.15) is 0 Å². The van der Waals surface area contributed by atoms with Gasteiger partial charge in [0.05, 0.1) is 13.2 Å². The molecule has 0 aliphatic heterocycles. The van der Waals surface area contributed by atoms with Gasteiger partial charge >= 0.3 is 0 Å². The van der Waals surface area contributed by atoms with E-state index in [0.717, 1.165) is 11.1 Å². The number of methoxy groups -OCH3 is 1. The van der Waals surface area contributed by atoms with Crippen LogP contribution in [0.2, 0.25) is 5.02 Å². The standard InChI is InChI=1S/C12H13Cl2N3O3S/c1-8-7-9(13)3-4-10(8)11-15-16-12(21(14,18)19)17(11)5-6-20-2/h3-4,7H,5-6H2,1-2H3. The molecule has 0 aliphatic rings. The maximum Gasteiger partial charge on any atom is 0.296 e. The van der Waals surface area contributed by atoms with Crippen LogP contribution < -0.4 is 0 Å². The molecule has 0 bridgehead atoms. The fourth-order valence-corrected chi connectivity index (χ4v) is 3.08. The van der Waals surface area contributed by atoms with E-state index in [-0.39, 0.29) is 11.7 Å². The molecule has 0 N–H and O–H groups in total. The highest BCUT2D eigenvalue weighted by atomic mass is 35.7. The number of ether oxygens (including phenoxy) is 1. The van der Waals surface area contributed by atoms with Crippen molar-refractivity contribution < 1.29 is 13.2 Å². The molecule has 0 atom stereocenters. The number of aryl methyl sites for hydroxylation is 1. The Morgan fingerprint density at radius 3 is 2.62 bits per heavy atom. The van der Waals surface area contributed by atoms with Crippen molar-refractivity contribution in [2.45, 2.75) is 18.6 Å². The summed E-state index contributed by atoms with van der Waals surface area (Å²) < 4.78 is 29.6. The first-order chi connectivity index (χ1) is 9.84. The molecule has 1 aromatic carbocycles. The quantitative estimate of drug-likeness (QED) is 0.775. The van der Waals surface area contributed by atoms with E-state index >= 15 is 0 Å². The average Bonchev–Trinajstić information content (AvgIpc) is 2.79. The molecule has 0 aliphatic carbocycles. The van der Waals surface area contributed by atoms with Crippen LogP contribution in [0, 0.1) is 6.92 Å². The van der Waals surface area contributed by atoms with Gasteiger partial charge < -0.3 is 4.74 Å². The summed E-state index contributed by atoms with van der Waals surface area (Å²) in [4.78, 5) is 0. The second-order valence-corrected chi connectivity index (χ2v) is 7.24. The lowest BCUT2D eigenvalue weighted by atomic mass is 10.1. The predicted molar refractivity (Wildman–Crippen MR) is 80.1 cm³/mol. The molecule has 1 aromatic heterocycles. The molecule has 114 valence electrons. The molecule has 0 amide bonds. The summed E-state index contributed by atoms with van der Waals surface area (Å²) in [6, 6.07) is 5.23. The Balaban J connectivity index is 2.60. The second-order valence-electron chi connectivity index (χ2n) is 4.35. The number of halogens is 2. The molecule has 0 unspecified atom stereocenters. The molecule has 0 spiro atoms. The van der Waals surface area contributed by atoms with Crippen LogP contribution in [0.5, 0.6) is 0 Å². The molecule has 0 radical (unpaired) electrons. The van der Waals surface area contributed by atoms with Crippen molar-refractivity contribution in [3.05, 3.63) is 28.8 Å². The Hall–Kier alpha value is -1.15. The number of hydrogen-bond acceptors (Lipinski definition) is 5. The Morgan fingerprint density at radius 2 is 2.05 bits per heavy atom. The van der Waals surface area contributed by atoms with Gasteiger partial charge in [-0.2, -0.15) is 0 Å². The number of aromatic nitrogens is 3. The van der Waals surface area contributed by atoms with Gasteiger partial charge in [0, 0.05) is 28.4 Å². The third kappa shape index (κ3) is 3.55. The first-order valence-corrected chi connectivity index (χ1v) is 8.66. The average molecular weight is 350 g/mol. The summed E-state index contributed by atoms with van der Waals surface area (Å²) in [5, 5.41) is 7.92. The highest BCUT2D eigenvalue weighted by Gasteiger charge is 2.23. The monoisotopic (exact) mass is 349 g/mol. The molecule has 0 fully saturated rings. The first-order valence-electron chi connectivity index (χ1n) is 5.98. The van der Waals surface area contributed by atoms with Gasteiger partial charge in [-0.25, -0.2) is 8.42 Å². The largest absolute Gasteiger partial charge is 0.383 e. The minimum atomic E-state index is -3.99. The Bertz CT molecular complexity index is 759. The lowest BCUT2D eigenvalue weighted by Gasteiger charge is -2.10. The molecule has 6 nitrogen and oxygen atoms in total. The zero-order valence-electron chi connectivity index (χ0n) is 11.4. The molecule has 1 heterocycles. The topological polar surface area (TPSA) is 74.1 Å². The number of hydrogen-bond donors (Lipinski definition) is 0. The van der Waals surface area contributed by atoms with Gasteiger partial charge in [0.15, 0.2) is 5.82 Å². The van der Waals surface area contributed by atoms with Crippen molar-refractivity contribution in [1.29, 1.82) is 0 Å². The van der Waals surface area contributed by atoms with Gasteiger partial charge in [-0.3, -0.25) is 4.57 Å². The van der Waals surface area contributed by atoms with Crippen LogP contribution in [-0.2, 0) is 20.3 Å². The van der Waals surface area contributed by atoms with Gasteiger partial charge in [-0.15, -0.1) is 10.2 Å². The van der Waals surface area contributed by atoms with Crippen molar-refractivity contribution >= 4 is 31.3 Å². The normalized spacial score (nSPS) is 11.8. The van der Waals surface area contributed by atoms with Crippen molar-refractivity contribution in [3.8, 4) is 11.4 Å². The number of benzene rings is 1. The van der Waals surface area contributed by atoms with E-state index in [2.05, 4.69) is 10.2 Å². The minimum absolute atomic E-state index is 0.266. The predicted octanol–water partition coefficient (Wildman–Crippen LogP) is 2.48. The SMILES string of the molecule is COCCn1c(-c2ccc(Cl)cc2C)nnc1S(=O)(=O)Cl. The molecule has 2 aromatic rings. The summed E-state index contributed by atoms with van der Waals surface area (Å²) in [5.74, 6) is 0.403. The Morgan fingerprint density at radius 1 is 1.33 bits per heavy atom. The van der Waals surface area contributed by atoms with Crippen LogP contribution >= 0.6 is 22.3 Å². The smallest absolute Gasteiger partial charge is 0.296 e. The molecule has 21 heavy (non-hydrogen) atoms. The van der Waals surface area contributed by atoms with E-state index in [1.165, 1.54) is 11.7 Å². The lowest BCUT2D eigenvalue weighted by Crippen LogP contribution is -2.11. The molecule has 0 saturated heterocycles. The highest BCUT2D eigenvalue weighted by Crippen LogP contribution is 2.27. The van der Waals surface area contributed by atoms with Crippen LogP contribution in [0.4, 0.5) is 0 Å². The van der Waals surface area contributed by atoms with Gasteiger partial charge in [0.25, 0.3) is 14.2 Å². The molecule has 9 heteroatoms. The van der Waals surface area contributed by atoms with Crippen molar-refractivity contribution in [2.75, 3.05) is 13.7 Å². The van der Waals surface area contributed by atoms with E-state index < -0.39 is 9.05 Å². The van der Waals surface area contributed by atoms with Crippen LogP contribution in [0.1, 0.15) is 5.56 Å². The lowest BCUT2D eigenvalue weighted by molar-refractivity contribution is 0.185. The molecule has 2 rings (SSSR count). The minimum Gasteiger partial charge on any atom is -0.383 e. The summed E-state index contributed by atoms with van der Waals surface area (Å²) >= 11 is 5.93. The number of nitrogens with zero attached hydrogens (tertiary/aromatic N) is 3. The summed E-state index contributed by atoms with van der Waals surface area (Å²) in [7, 11) is 2.92. The molecule has 0 saturated carbocycles. The third-order valence-electron chi connectivity index (χ3n) is 2.88. The van der Waals surface area contributed by atoms with Crippen LogP contribution in [-0.4, -0.2) is 36.9 Å². The fraction of sp³-hybridized carbons (Fsp3) is 0.333. The summed E-state index contributed by atoms with van der Waals surface area (Å²) in [6.45, 7) is 2.42. The second kappa shape index (κ2) is 6.31. The van der Waals surface area contributed by atoms with E-state index in [0.29, 0.717) is 17.5 Å². The van der Waals surface area contributed by atoms with Gasteiger partial charge in [-0.1, -0.05) is 11.6 Å². The van der Waals surface area contributed by atoms with Crippen molar-refractivity contribution in [2.24, 2.45) is 0 Å². The Labute approximate surface area is 132 Å². The summed E-state index contributed by atoms with van der Waals surface area (Å²) in [5.41, 5.74) is 1.58. The highest BCUT2D eigenvalue weighted by molar-refractivity contribution is 8.13. The van der Waals surface area contributed by atoms with Gasteiger partial charge in [-0.05, 0) is 30.7 Å². The van der Waals surface area contributed by atoms with Crippen LogP contribution in [0.15, 0.2) is 23.4 Å². The maximum absolute atomic E-state index is 11.6. The van der Waals surface area contributed by atoms with Crippen LogP contribution in [0.25, 0.3) is 11.4 Å². The summed E-state index contributed by atoms with van der Waals surface area (Å²) in [6.07, 6.45) is 0. The zero-order chi connectivity index (χ0) is 15.6. The van der Waals surface area contributed by atoms with Gasteiger partial charge in [0.2, 0.25) is 0 Å². The van der Waals surface area contributed by atoms with E-state index in [1.54, 1.807) is 18.2 Å². The van der Waals surface area contributed by atoms with E-state index in [9.17, 15) is 8.42 Å². The zero-order valence-corrected chi connectivity index (χ0v) is 13.7. The van der Waals surface area contributed by atoms with E-state index in [1.807, 2.05) is 6.92 Å². The van der Waals surface area contributed by atoms with E-state index in [4.69, 9.17) is 27.0 Å². The first kappa shape index (κ1) is 16.2. The fourth-order valence-electron chi connectivity index (χ4n) is 1.93. The van der Waals surface area contributed by atoms with Crippen molar-refractivity contribution in [1.82, 2.24) is 14.8 Å². The third-order valence-corrected chi connectivity index (χ3v) is 4.27. The number of rotatable bonds is 5. The van der Waals surface area contributed by atoms with Crippen molar-refractivity contribution in [3.63, 3.8) is 0 Å².